The van der Waals surface area contributed by atoms with Crippen LogP contribution in [-0.4, -0.2) is 53.4 Å². The van der Waals surface area contributed by atoms with E-state index in [1.54, 1.807) is 6.20 Å². The standard InChI is InChI=1S/C14H24N6O3/c1-2-3-4-17-14(23)11(5-10-7-16-9-19-10)20-13(22)8-18-12(21)6-15/h7,9,11H,2-6,8,15H2,1H3,(H,16,19)(H,17,23)(H,18,21)(H,20,22)/t11-/m0/s1. The van der Waals surface area contributed by atoms with Crippen molar-refractivity contribution in [3.05, 3.63) is 18.2 Å². The second-order valence-electron chi connectivity index (χ2n) is 5.03. The average molecular weight is 324 g/mol. The Morgan fingerprint density at radius 1 is 1.30 bits per heavy atom. The lowest BCUT2D eigenvalue weighted by Gasteiger charge is -2.18. The number of nitrogens with two attached hydrogens (primary N) is 1. The first-order chi connectivity index (χ1) is 11.1. The number of unbranched alkanes of at least 4 members (excludes halogenated alkanes) is 1. The first-order valence-electron chi connectivity index (χ1n) is 7.57. The van der Waals surface area contributed by atoms with Crippen molar-refractivity contribution < 1.29 is 14.4 Å². The molecule has 0 aliphatic rings. The van der Waals surface area contributed by atoms with E-state index in [0.717, 1.165) is 18.5 Å². The van der Waals surface area contributed by atoms with Gasteiger partial charge < -0.3 is 26.7 Å². The van der Waals surface area contributed by atoms with Crippen LogP contribution in [0.5, 0.6) is 0 Å². The molecule has 0 fully saturated rings. The number of carbonyl (C=O) groups is 3. The Morgan fingerprint density at radius 3 is 2.70 bits per heavy atom. The average Bonchev–Trinajstić information content (AvgIpc) is 3.05. The van der Waals surface area contributed by atoms with E-state index < -0.39 is 17.9 Å². The lowest BCUT2D eigenvalue weighted by Crippen LogP contribution is -2.51. The molecule has 1 rings (SSSR count). The second kappa shape index (κ2) is 10.3. The van der Waals surface area contributed by atoms with Crippen LogP contribution in [0.3, 0.4) is 0 Å². The van der Waals surface area contributed by atoms with Gasteiger partial charge in [-0.25, -0.2) is 4.98 Å². The normalized spacial score (nSPS) is 11.6. The van der Waals surface area contributed by atoms with Gasteiger partial charge in [-0.3, -0.25) is 14.4 Å². The fourth-order valence-corrected chi connectivity index (χ4v) is 1.83. The number of imidazole rings is 1. The van der Waals surface area contributed by atoms with Crippen LogP contribution in [0, 0.1) is 0 Å². The molecule has 0 aliphatic heterocycles. The summed E-state index contributed by atoms with van der Waals surface area (Å²) in [5.74, 6) is -1.16. The van der Waals surface area contributed by atoms with Gasteiger partial charge in [0, 0.05) is 24.9 Å². The van der Waals surface area contributed by atoms with Gasteiger partial charge in [-0.15, -0.1) is 0 Å². The number of aromatic amines is 1. The number of nitrogens with one attached hydrogen (secondary N) is 4. The number of amides is 3. The molecule has 0 aliphatic carbocycles. The third kappa shape index (κ3) is 7.41. The lowest BCUT2D eigenvalue weighted by atomic mass is 10.1. The second-order valence-corrected chi connectivity index (χ2v) is 5.03. The van der Waals surface area contributed by atoms with E-state index in [0.29, 0.717) is 6.54 Å². The maximum Gasteiger partial charge on any atom is 0.242 e. The Hall–Kier alpha value is -2.42. The van der Waals surface area contributed by atoms with Crippen molar-refractivity contribution in [2.24, 2.45) is 5.73 Å². The summed E-state index contributed by atoms with van der Waals surface area (Å²) in [5, 5.41) is 7.75. The summed E-state index contributed by atoms with van der Waals surface area (Å²) < 4.78 is 0. The highest BCUT2D eigenvalue weighted by atomic mass is 16.2. The highest BCUT2D eigenvalue weighted by Crippen LogP contribution is 1.99. The molecule has 3 amide bonds. The summed E-state index contributed by atoms with van der Waals surface area (Å²) in [6.45, 7) is 2.16. The van der Waals surface area contributed by atoms with Gasteiger partial charge in [0.25, 0.3) is 0 Å². The van der Waals surface area contributed by atoms with Gasteiger partial charge in [0.05, 0.1) is 19.4 Å². The molecule has 0 bridgehead atoms. The molecule has 9 nitrogen and oxygen atoms in total. The van der Waals surface area contributed by atoms with Crippen LogP contribution in [0.15, 0.2) is 12.5 Å². The molecule has 128 valence electrons. The molecule has 23 heavy (non-hydrogen) atoms. The summed E-state index contributed by atoms with van der Waals surface area (Å²) in [7, 11) is 0. The Balaban J connectivity index is 2.57. The zero-order valence-electron chi connectivity index (χ0n) is 13.2. The zero-order chi connectivity index (χ0) is 17.1. The SMILES string of the molecule is CCCCNC(=O)[C@H](Cc1cnc[nH]1)NC(=O)CNC(=O)CN. The molecule has 9 heteroatoms. The van der Waals surface area contributed by atoms with E-state index in [2.05, 4.69) is 25.9 Å². The van der Waals surface area contributed by atoms with Gasteiger partial charge in [-0.05, 0) is 6.42 Å². The summed E-state index contributed by atoms with van der Waals surface area (Å²) in [6.07, 6.45) is 5.21. The van der Waals surface area contributed by atoms with Crippen LogP contribution in [0.1, 0.15) is 25.5 Å². The maximum atomic E-state index is 12.2. The molecule has 0 saturated carbocycles. The summed E-state index contributed by atoms with van der Waals surface area (Å²) in [5.41, 5.74) is 5.88. The monoisotopic (exact) mass is 324 g/mol. The molecule has 1 aromatic heterocycles. The molecular formula is C14H24N6O3. The van der Waals surface area contributed by atoms with Crippen molar-refractivity contribution in [1.29, 1.82) is 0 Å². The van der Waals surface area contributed by atoms with Gasteiger partial charge in [-0.1, -0.05) is 13.3 Å². The Morgan fingerprint density at radius 2 is 2.09 bits per heavy atom. The molecular weight excluding hydrogens is 300 g/mol. The quantitative estimate of drug-likeness (QED) is 0.330. The summed E-state index contributed by atoms with van der Waals surface area (Å²) in [6, 6.07) is -0.741. The van der Waals surface area contributed by atoms with Crippen molar-refractivity contribution in [1.82, 2.24) is 25.9 Å². The van der Waals surface area contributed by atoms with Crippen molar-refractivity contribution in [2.75, 3.05) is 19.6 Å². The van der Waals surface area contributed by atoms with Crippen LogP contribution >= 0.6 is 0 Å². The van der Waals surface area contributed by atoms with E-state index in [1.165, 1.54) is 6.33 Å². The largest absolute Gasteiger partial charge is 0.354 e. The van der Waals surface area contributed by atoms with Gasteiger partial charge in [0.15, 0.2) is 0 Å². The minimum absolute atomic E-state index is 0.192. The molecule has 1 heterocycles. The fraction of sp³-hybridized carbons (Fsp3) is 0.571. The highest BCUT2D eigenvalue weighted by molar-refractivity contribution is 5.90. The first-order valence-corrected chi connectivity index (χ1v) is 7.57. The Bertz CT molecular complexity index is 503. The third-order valence-corrected chi connectivity index (χ3v) is 3.09. The lowest BCUT2D eigenvalue weighted by molar-refractivity contribution is -0.129. The number of hydrogen-bond donors (Lipinski definition) is 5. The van der Waals surface area contributed by atoms with Crippen molar-refractivity contribution in [2.45, 2.75) is 32.2 Å². The van der Waals surface area contributed by atoms with Crippen LogP contribution in [0.2, 0.25) is 0 Å². The third-order valence-electron chi connectivity index (χ3n) is 3.09. The molecule has 0 saturated heterocycles. The van der Waals surface area contributed by atoms with Gasteiger partial charge in [0.1, 0.15) is 6.04 Å². The number of carbonyl (C=O) groups excluding carboxylic acids is 3. The Labute approximate surface area is 134 Å². The van der Waals surface area contributed by atoms with Crippen LogP contribution in [0.25, 0.3) is 0 Å². The zero-order valence-corrected chi connectivity index (χ0v) is 13.2. The molecule has 0 radical (unpaired) electrons. The van der Waals surface area contributed by atoms with Crippen LogP contribution < -0.4 is 21.7 Å². The number of nitrogens with zero attached hydrogens (tertiary/aromatic N) is 1. The molecule has 0 spiro atoms. The first kappa shape index (κ1) is 18.6. The predicted octanol–water partition coefficient (Wildman–Crippen LogP) is -1.57. The van der Waals surface area contributed by atoms with E-state index in [9.17, 15) is 14.4 Å². The molecule has 6 N–H and O–H groups in total. The number of hydrogen-bond acceptors (Lipinski definition) is 5. The van der Waals surface area contributed by atoms with E-state index in [4.69, 9.17) is 5.73 Å². The minimum atomic E-state index is -0.741. The molecule has 0 aromatic carbocycles. The number of rotatable bonds is 10. The van der Waals surface area contributed by atoms with E-state index >= 15 is 0 Å². The number of H-pyrrole nitrogens is 1. The van der Waals surface area contributed by atoms with Crippen molar-refractivity contribution in [3.63, 3.8) is 0 Å². The topological polar surface area (TPSA) is 142 Å². The van der Waals surface area contributed by atoms with E-state index in [-0.39, 0.29) is 25.4 Å². The number of aromatic nitrogens is 2. The summed E-state index contributed by atoms with van der Waals surface area (Å²) in [4.78, 5) is 41.9. The smallest absolute Gasteiger partial charge is 0.242 e. The summed E-state index contributed by atoms with van der Waals surface area (Å²) >= 11 is 0. The van der Waals surface area contributed by atoms with Crippen LogP contribution in [-0.2, 0) is 20.8 Å². The van der Waals surface area contributed by atoms with Crippen molar-refractivity contribution >= 4 is 17.7 Å². The van der Waals surface area contributed by atoms with Gasteiger partial charge in [-0.2, -0.15) is 0 Å². The minimum Gasteiger partial charge on any atom is -0.354 e. The Kier molecular flexibility index (Phi) is 8.37. The molecule has 1 aromatic rings. The maximum absolute atomic E-state index is 12.2. The van der Waals surface area contributed by atoms with Gasteiger partial charge in [0.2, 0.25) is 17.7 Å². The van der Waals surface area contributed by atoms with Crippen LogP contribution in [0.4, 0.5) is 0 Å². The predicted molar refractivity (Wildman–Crippen MR) is 84.2 cm³/mol. The van der Waals surface area contributed by atoms with E-state index in [1.807, 2.05) is 6.92 Å². The highest BCUT2D eigenvalue weighted by Gasteiger charge is 2.21. The fourth-order valence-electron chi connectivity index (χ4n) is 1.83. The van der Waals surface area contributed by atoms with Gasteiger partial charge >= 0.3 is 0 Å². The molecule has 0 unspecified atom stereocenters. The molecule has 1 atom stereocenters. The van der Waals surface area contributed by atoms with Crippen molar-refractivity contribution in [3.8, 4) is 0 Å².